The normalized spacial score (nSPS) is 14.0. The third-order valence-electron chi connectivity index (χ3n) is 5.56. The molecule has 0 aliphatic carbocycles. The van der Waals surface area contributed by atoms with Gasteiger partial charge in [-0.1, -0.05) is 68.4 Å². The summed E-state index contributed by atoms with van der Waals surface area (Å²) in [7, 11) is 0. The Kier molecular flexibility index (Phi) is 5.67. The standard InChI is InChI=1S/C26H24N2O3/c1-17(2)19-12-14-20(15-13-19)27-24(29)23(16-18-8-4-3-5-9-18)28-25(30)21-10-6-7-11-22(21)26(28)31/h3-15,17,23H,16H2,1-2H3,(H,27,29)/t23-/m0/s1. The highest BCUT2D eigenvalue weighted by Crippen LogP contribution is 2.27. The molecule has 1 aliphatic rings. The Bertz CT molecular complexity index is 1090. The first-order valence-corrected chi connectivity index (χ1v) is 10.4. The molecule has 0 radical (unpaired) electrons. The second-order valence-corrected chi connectivity index (χ2v) is 8.00. The molecule has 4 rings (SSSR count). The van der Waals surface area contributed by atoms with Gasteiger partial charge >= 0.3 is 0 Å². The summed E-state index contributed by atoms with van der Waals surface area (Å²) in [4.78, 5) is 40.5. The van der Waals surface area contributed by atoms with Crippen molar-refractivity contribution in [1.82, 2.24) is 4.90 Å². The molecular weight excluding hydrogens is 388 g/mol. The van der Waals surface area contributed by atoms with E-state index in [0.717, 1.165) is 10.5 Å². The van der Waals surface area contributed by atoms with Crippen LogP contribution in [0.25, 0.3) is 0 Å². The van der Waals surface area contributed by atoms with E-state index in [4.69, 9.17) is 0 Å². The second-order valence-electron chi connectivity index (χ2n) is 8.00. The van der Waals surface area contributed by atoms with E-state index in [1.165, 1.54) is 5.56 Å². The average Bonchev–Trinajstić information content (AvgIpc) is 3.03. The fourth-order valence-electron chi connectivity index (χ4n) is 3.81. The lowest BCUT2D eigenvalue weighted by molar-refractivity contribution is -0.119. The van der Waals surface area contributed by atoms with E-state index in [2.05, 4.69) is 19.2 Å². The predicted molar refractivity (Wildman–Crippen MR) is 120 cm³/mol. The van der Waals surface area contributed by atoms with Gasteiger partial charge in [-0.2, -0.15) is 0 Å². The van der Waals surface area contributed by atoms with Crippen molar-refractivity contribution in [3.8, 4) is 0 Å². The second kappa shape index (κ2) is 8.56. The van der Waals surface area contributed by atoms with Gasteiger partial charge in [-0.3, -0.25) is 19.3 Å². The highest BCUT2D eigenvalue weighted by molar-refractivity contribution is 6.23. The molecule has 1 heterocycles. The molecule has 0 saturated heterocycles. The van der Waals surface area contributed by atoms with Gasteiger partial charge in [0.05, 0.1) is 11.1 Å². The topological polar surface area (TPSA) is 66.5 Å². The van der Waals surface area contributed by atoms with Gasteiger partial charge in [-0.15, -0.1) is 0 Å². The third kappa shape index (κ3) is 4.12. The van der Waals surface area contributed by atoms with E-state index < -0.39 is 23.8 Å². The Morgan fingerprint density at radius 2 is 1.35 bits per heavy atom. The van der Waals surface area contributed by atoms with Crippen LogP contribution in [-0.4, -0.2) is 28.7 Å². The maximum absolute atomic E-state index is 13.3. The van der Waals surface area contributed by atoms with Crippen LogP contribution in [0.2, 0.25) is 0 Å². The minimum Gasteiger partial charge on any atom is -0.324 e. The zero-order valence-corrected chi connectivity index (χ0v) is 17.5. The Balaban J connectivity index is 1.64. The lowest BCUT2D eigenvalue weighted by atomic mass is 10.0. The Morgan fingerprint density at radius 3 is 1.90 bits per heavy atom. The molecule has 0 fully saturated rings. The Labute approximate surface area is 181 Å². The largest absolute Gasteiger partial charge is 0.324 e. The molecule has 1 N–H and O–H groups in total. The van der Waals surface area contributed by atoms with Gasteiger partial charge in [0, 0.05) is 12.1 Å². The van der Waals surface area contributed by atoms with Crippen LogP contribution in [0.3, 0.4) is 0 Å². The molecular formula is C26H24N2O3. The smallest absolute Gasteiger partial charge is 0.262 e. The van der Waals surface area contributed by atoms with Crippen molar-refractivity contribution in [2.75, 3.05) is 5.32 Å². The van der Waals surface area contributed by atoms with Crippen molar-refractivity contribution in [2.45, 2.75) is 32.2 Å². The van der Waals surface area contributed by atoms with Crippen LogP contribution in [-0.2, 0) is 11.2 Å². The summed E-state index contributed by atoms with van der Waals surface area (Å²) in [6, 6.07) is 22.7. The van der Waals surface area contributed by atoms with E-state index >= 15 is 0 Å². The number of fused-ring (bicyclic) bond motifs is 1. The van der Waals surface area contributed by atoms with E-state index in [1.54, 1.807) is 24.3 Å². The van der Waals surface area contributed by atoms with Gasteiger partial charge in [0.2, 0.25) is 5.91 Å². The summed E-state index contributed by atoms with van der Waals surface area (Å²) in [5.74, 6) is -0.886. The van der Waals surface area contributed by atoms with E-state index in [-0.39, 0.29) is 6.42 Å². The molecule has 3 aromatic carbocycles. The number of carbonyl (C=O) groups excluding carboxylic acids is 3. The zero-order chi connectivity index (χ0) is 22.0. The first-order valence-electron chi connectivity index (χ1n) is 10.4. The van der Waals surface area contributed by atoms with Crippen molar-refractivity contribution in [2.24, 2.45) is 0 Å². The molecule has 0 bridgehead atoms. The van der Waals surface area contributed by atoms with E-state index in [1.807, 2.05) is 54.6 Å². The van der Waals surface area contributed by atoms with Gasteiger partial charge in [-0.05, 0) is 41.3 Å². The molecule has 1 aliphatic heterocycles. The zero-order valence-electron chi connectivity index (χ0n) is 17.5. The van der Waals surface area contributed by atoms with Gasteiger partial charge in [0.1, 0.15) is 6.04 Å². The molecule has 0 spiro atoms. The molecule has 3 aromatic rings. The number of benzene rings is 3. The molecule has 156 valence electrons. The minimum atomic E-state index is -0.959. The molecule has 0 unspecified atom stereocenters. The van der Waals surface area contributed by atoms with Gasteiger partial charge in [0.25, 0.3) is 11.8 Å². The maximum Gasteiger partial charge on any atom is 0.262 e. The fourth-order valence-corrected chi connectivity index (χ4v) is 3.81. The number of amides is 3. The molecule has 31 heavy (non-hydrogen) atoms. The van der Waals surface area contributed by atoms with E-state index in [0.29, 0.717) is 22.7 Å². The molecule has 5 nitrogen and oxygen atoms in total. The quantitative estimate of drug-likeness (QED) is 0.599. The first kappa shape index (κ1) is 20.5. The Morgan fingerprint density at radius 1 is 0.806 bits per heavy atom. The summed E-state index contributed by atoms with van der Waals surface area (Å²) < 4.78 is 0. The fraction of sp³-hybridized carbons (Fsp3) is 0.192. The Hall–Kier alpha value is -3.73. The monoisotopic (exact) mass is 412 g/mol. The maximum atomic E-state index is 13.3. The number of hydrogen-bond donors (Lipinski definition) is 1. The van der Waals surface area contributed by atoms with Crippen molar-refractivity contribution in [3.05, 3.63) is 101 Å². The van der Waals surface area contributed by atoms with E-state index in [9.17, 15) is 14.4 Å². The van der Waals surface area contributed by atoms with Crippen LogP contribution in [0.15, 0.2) is 78.9 Å². The average molecular weight is 412 g/mol. The number of anilines is 1. The molecule has 5 heteroatoms. The number of carbonyl (C=O) groups is 3. The van der Waals surface area contributed by atoms with Gasteiger partial charge in [-0.25, -0.2) is 0 Å². The number of nitrogens with one attached hydrogen (secondary N) is 1. The molecule has 1 atom stereocenters. The lowest BCUT2D eigenvalue weighted by Crippen LogP contribution is -2.48. The summed E-state index contributed by atoms with van der Waals surface area (Å²) in [5, 5.41) is 2.89. The summed E-state index contributed by atoms with van der Waals surface area (Å²) in [6.45, 7) is 4.21. The van der Waals surface area contributed by atoms with Crippen LogP contribution >= 0.6 is 0 Å². The van der Waals surface area contributed by atoms with Gasteiger partial charge in [0.15, 0.2) is 0 Å². The number of nitrogens with zero attached hydrogens (tertiary/aromatic N) is 1. The first-order chi connectivity index (χ1) is 15.0. The molecule has 0 aromatic heterocycles. The predicted octanol–water partition coefficient (Wildman–Crippen LogP) is 4.66. The van der Waals surface area contributed by atoms with Crippen LogP contribution in [0, 0.1) is 0 Å². The number of imide groups is 1. The highest BCUT2D eigenvalue weighted by Gasteiger charge is 2.42. The van der Waals surface area contributed by atoms with Crippen molar-refractivity contribution in [3.63, 3.8) is 0 Å². The third-order valence-corrected chi connectivity index (χ3v) is 5.56. The van der Waals surface area contributed by atoms with Crippen molar-refractivity contribution in [1.29, 1.82) is 0 Å². The highest BCUT2D eigenvalue weighted by atomic mass is 16.2. The van der Waals surface area contributed by atoms with Gasteiger partial charge < -0.3 is 5.32 Å². The molecule has 0 saturated carbocycles. The van der Waals surface area contributed by atoms with Crippen LogP contribution in [0.4, 0.5) is 5.69 Å². The molecule has 3 amide bonds. The number of hydrogen-bond acceptors (Lipinski definition) is 3. The van der Waals surface area contributed by atoms with Crippen molar-refractivity contribution >= 4 is 23.4 Å². The summed E-state index contributed by atoms with van der Waals surface area (Å²) >= 11 is 0. The SMILES string of the molecule is CC(C)c1ccc(NC(=O)[C@H](Cc2ccccc2)N2C(=O)c3ccccc3C2=O)cc1. The minimum absolute atomic E-state index is 0.238. The van der Waals surface area contributed by atoms with Crippen LogP contribution in [0.1, 0.15) is 51.6 Å². The summed E-state index contributed by atoms with van der Waals surface area (Å²) in [5.41, 5.74) is 3.33. The van der Waals surface area contributed by atoms with Crippen LogP contribution in [0.5, 0.6) is 0 Å². The van der Waals surface area contributed by atoms with Crippen LogP contribution < -0.4 is 5.32 Å². The van der Waals surface area contributed by atoms with Crippen molar-refractivity contribution < 1.29 is 14.4 Å². The summed E-state index contributed by atoms with van der Waals surface area (Å²) in [6.07, 6.45) is 0.238. The lowest BCUT2D eigenvalue weighted by Gasteiger charge is -2.25. The number of rotatable bonds is 6.